The van der Waals surface area contributed by atoms with Gasteiger partial charge >= 0.3 is 0 Å². The summed E-state index contributed by atoms with van der Waals surface area (Å²) in [7, 11) is 0. The fourth-order valence-electron chi connectivity index (χ4n) is 5.44. The van der Waals surface area contributed by atoms with Gasteiger partial charge in [0.2, 0.25) is 5.43 Å². The third kappa shape index (κ3) is 5.09. The second kappa shape index (κ2) is 11.0. The number of aromatic nitrogens is 5. The molecule has 0 unspecified atom stereocenters. The predicted octanol–water partition coefficient (Wildman–Crippen LogP) is 4.50. The fourth-order valence-corrected chi connectivity index (χ4v) is 5.44. The van der Waals surface area contributed by atoms with E-state index in [4.69, 9.17) is 5.73 Å². The van der Waals surface area contributed by atoms with E-state index < -0.39 is 5.91 Å². The molecule has 0 spiro atoms. The van der Waals surface area contributed by atoms with E-state index in [1.165, 1.54) is 6.33 Å². The number of nitrogen functional groups attached to an aromatic ring is 1. The SMILES string of the molecule is CC(C)n1cc(C(=O)Nc2ccc(-c3cc(C4CCNCC4)n4ncnc(N)c34)cc2)c(=O)c(-c2cccnc2)c1. The molecule has 10 heteroatoms. The number of nitrogens with zero attached hydrogens (tertiary/aromatic N) is 5. The van der Waals surface area contributed by atoms with Crippen LogP contribution >= 0.6 is 0 Å². The molecule has 0 atom stereocenters. The number of amides is 1. The Morgan fingerprint density at radius 2 is 1.85 bits per heavy atom. The molecule has 0 radical (unpaired) electrons. The maximum absolute atomic E-state index is 13.4. The summed E-state index contributed by atoms with van der Waals surface area (Å²) in [5.41, 5.74) is 11.5. The Morgan fingerprint density at radius 3 is 2.56 bits per heavy atom. The number of carbonyl (C=O) groups is 1. The van der Waals surface area contributed by atoms with Crippen molar-refractivity contribution in [2.75, 3.05) is 24.1 Å². The molecule has 1 aromatic carbocycles. The Balaban J connectivity index is 1.31. The largest absolute Gasteiger partial charge is 0.382 e. The number of hydrogen-bond acceptors (Lipinski definition) is 7. The van der Waals surface area contributed by atoms with Crippen LogP contribution < -0.4 is 21.8 Å². The van der Waals surface area contributed by atoms with Gasteiger partial charge in [0, 0.05) is 64.8 Å². The Morgan fingerprint density at radius 1 is 1.07 bits per heavy atom. The first-order valence-corrected chi connectivity index (χ1v) is 13.8. The second-order valence-corrected chi connectivity index (χ2v) is 10.6. The van der Waals surface area contributed by atoms with Gasteiger partial charge in [-0.15, -0.1) is 0 Å². The van der Waals surface area contributed by atoms with Gasteiger partial charge in [-0.25, -0.2) is 9.50 Å². The number of piperidine rings is 1. The Kier molecular flexibility index (Phi) is 7.07. The summed E-state index contributed by atoms with van der Waals surface area (Å²) < 4.78 is 3.78. The number of nitrogens with one attached hydrogen (secondary N) is 2. The maximum atomic E-state index is 13.4. The van der Waals surface area contributed by atoms with Crippen molar-refractivity contribution in [3.8, 4) is 22.3 Å². The van der Waals surface area contributed by atoms with Crippen molar-refractivity contribution in [3.63, 3.8) is 0 Å². The number of nitrogens with two attached hydrogens (primary N) is 1. The average molecular weight is 549 g/mol. The van der Waals surface area contributed by atoms with Crippen LogP contribution in [0.1, 0.15) is 54.7 Å². The molecule has 1 saturated heterocycles. The van der Waals surface area contributed by atoms with Gasteiger partial charge in [-0.1, -0.05) is 18.2 Å². The van der Waals surface area contributed by atoms with E-state index in [0.717, 1.165) is 48.3 Å². The molecule has 1 aliphatic heterocycles. The summed E-state index contributed by atoms with van der Waals surface area (Å²) in [5, 5.41) is 10.8. The number of pyridine rings is 2. The minimum atomic E-state index is -0.469. The molecule has 1 amide bonds. The van der Waals surface area contributed by atoms with E-state index in [0.29, 0.717) is 28.6 Å². The van der Waals surface area contributed by atoms with Crippen molar-refractivity contribution in [2.24, 2.45) is 0 Å². The van der Waals surface area contributed by atoms with Crippen molar-refractivity contribution < 1.29 is 4.79 Å². The summed E-state index contributed by atoms with van der Waals surface area (Å²) in [5.74, 6) is 0.327. The van der Waals surface area contributed by atoms with Gasteiger partial charge in [-0.05, 0) is 69.6 Å². The molecule has 41 heavy (non-hydrogen) atoms. The zero-order valence-electron chi connectivity index (χ0n) is 23.0. The first kappa shape index (κ1) is 26.4. The van der Waals surface area contributed by atoms with E-state index in [-0.39, 0.29) is 17.0 Å². The molecule has 0 saturated carbocycles. The zero-order chi connectivity index (χ0) is 28.5. The van der Waals surface area contributed by atoms with Crippen LogP contribution in [0.4, 0.5) is 11.5 Å². The standard InChI is InChI=1S/C31H32N8O2/c1-19(2)38-16-25(22-4-3-11-34-15-22)29(40)26(17-38)31(41)37-23-7-5-20(6-8-23)24-14-27(21-9-12-33-13-10-21)39-28(24)30(32)35-18-36-39/h3-8,11,14-19,21,33H,9-10,12-13H2,1-2H3,(H,37,41)(H2,32,35,36). The van der Waals surface area contributed by atoms with Crippen molar-refractivity contribution in [2.45, 2.75) is 38.6 Å². The van der Waals surface area contributed by atoms with E-state index >= 15 is 0 Å². The molecular formula is C31H32N8O2. The summed E-state index contributed by atoms with van der Waals surface area (Å²) in [6, 6.07) is 13.3. The van der Waals surface area contributed by atoms with Crippen molar-refractivity contribution in [3.05, 3.63) is 95.1 Å². The lowest BCUT2D eigenvalue weighted by Gasteiger charge is -2.22. The molecule has 5 heterocycles. The molecule has 1 fully saturated rings. The third-order valence-corrected chi connectivity index (χ3v) is 7.68. The molecule has 4 N–H and O–H groups in total. The fraction of sp³-hybridized carbons (Fsp3) is 0.258. The van der Waals surface area contributed by atoms with E-state index in [2.05, 4.69) is 31.8 Å². The van der Waals surface area contributed by atoms with E-state index in [1.807, 2.05) is 53.3 Å². The number of rotatable bonds is 6. The number of carbonyl (C=O) groups excluding carboxylic acids is 1. The molecule has 10 nitrogen and oxygen atoms in total. The van der Waals surface area contributed by atoms with Crippen LogP contribution in [0, 0.1) is 0 Å². The molecule has 6 rings (SSSR count). The molecule has 5 aromatic rings. The van der Waals surface area contributed by atoms with Gasteiger partial charge in [0.1, 0.15) is 17.4 Å². The minimum Gasteiger partial charge on any atom is -0.382 e. The summed E-state index contributed by atoms with van der Waals surface area (Å²) in [6.45, 7) is 5.93. The normalized spacial score (nSPS) is 14.0. The number of anilines is 2. The molecule has 0 bridgehead atoms. The van der Waals surface area contributed by atoms with Crippen LogP contribution in [-0.4, -0.2) is 43.1 Å². The van der Waals surface area contributed by atoms with Crippen LogP contribution in [0.25, 0.3) is 27.8 Å². The van der Waals surface area contributed by atoms with Crippen LogP contribution in [-0.2, 0) is 0 Å². The molecule has 4 aromatic heterocycles. The Labute approximate surface area is 237 Å². The monoisotopic (exact) mass is 548 g/mol. The Hall–Kier alpha value is -4.83. The molecule has 208 valence electrons. The number of fused-ring (bicyclic) bond motifs is 1. The number of hydrogen-bond donors (Lipinski definition) is 3. The first-order valence-electron chi connectivity index (χ1n) is 13.8. The van der Waals surface area contributed by atoms with Gasteiger partial charge in [0.25, 0.3) is 5.91 Å². The quantitative estimate of drug-likeness (QED) is 0.285. The molecule has 0 aliphatic carbocycles. The summed E-state index contributed by atoms with van der Waals surface area (Å²) in [4.78, 5) is 35.1. The minimum absolute atomic E-state index is 0.0558. The highest BCUT2D eigenvalue weighted by molar-refractivity contribution is 6.04. The summed E-state index contributed by atoms with van der Waals surface area (Å²) in [6.07, 6.45) is 10.2. The van der Waals surface area contributed by atoms with Gasteiger partial charge < -0.3 is 20.9 Å². The predicted molar refractivity (Wildman–Crippen MR) is 160 cm³/mol. The van der Waals surface area contributed by atoms with Crippen LogP contribution in [0.15, 0.2) is 78.4 Å². The zero-order valence-corrected chi connectivity index (χ0v) is 23.0. The van der Waals surface area contributed by atoms with Crippen molar-refractivity contribution >= 4 is 22.9 Å². The van der Waals surface area contributed by atoms with Crippen LogP contribution in [0.5, 0.6) is 0 Å². The smallest absolute Gasteiger partial charge is 0.261 e. The van der Waals surface area contributed by atoms with Crippen LogP contribution in [0.3, 0.4) is 0 Å². The second-order valence-electron chi connectivity index (χ2n) is 10.6. The summed E-state index contributed by atoms with van der Waals surface area (Å²) >= 11 is 0. The van der Waals surface area contributed by atoms with E-state index in [1.54, 1.807) is 30.9 Å². The maximum Gasteiger partial charge on any atom is 0.261 e. The average Bonchev–Trinajstić information content (AvgIpc) is 3.39. The highest BCUT2D eigenvalue weighted by atomic mass is 16.2. The topological polar surface area (TPSA) is 132 Å². The molecule has 1 aliphatic rings. The lowest BCUT2D eigenvalue weighted by Crippen LogP contribution is -2.27. The van der Waals surface area contributed by atoms with Crippen molar-refractivity contribution in [1.29, 1.82) is 0 Å². The van der Waals surface area contributed by atoms with Gasteiger partial charge in [-0.2, -0.15) is 5.10 Å². The Bertz CT molecular complexity index is 1770. The lowest BCUT2D eigenvalue weighted by atomic mass is 9.94. The first-order chi connectivity index (χ1) is 19.9. The van der Waals surface area contributed by atoms with Crippen molar-refractivity contribution in [1.82, 2.24) is 29.5 Å². The third-order valence-electron chi connectivity index (χ3n) is 7.68. The van der Waals surface area contributed by atoms with E-state index in [9.17, 15) is 9.59 Å². The van der Waals surface area contributed by atoms with Gasteiger partial charge in [0.05, 0.1) is 0 Å². The van der Waals surface area contributed by atoms with Gasteiger partial charge in [-0.3, -0.25) is 14.6 Å². The van der Waals surface area contributed by atoms with Crippen LogP contribution in [0.2, 0.25) is 0 Å². The lowest BCUT2D eigenvalue weighted by molar-refractivity contribution is 0.102. The highest BCUT2D eigenvalue weighted by Crippen LogP contribution is 2.36. The highest BCUT2D eigenvalue weighted by Gasteiger charge is 2.23. The van der Waals surface area contributed by atoms with Gasteiger partial charge in [0.15, 0.2) is 5.82 Å². The molecular weight excluding hydrogens is 516 g/mol. The number of benzene rings is 1.